The third-order valence-corrected chi connectivity index (χ3v) is 7.80. The van der Waals surface area contributed by atoms with Gasteiger partial charge in [-0.2, -0.15) is 5.10 Å². The number of rotatable bonds is 10. The van der Waals surface area contributed by atoms with E-state index in [0.29, 0.717) is 0 Å². The number of aryl methyl sites for hydroxylation is 1. The van der Waals surface area contributed by atoms with Crippen molar-refractivity contribution in [2.45, 2.75) is 51.6 Å². The highest BCUT2D eigenvalue weighted by Crippen LogP contribution is 2.35. The third kappa shape index (κ3) is 5.13. The van der Waals surface area contributed by atoms with Gasteiger partial charge < -0.3 is 14.2 Å². The van der Waals surface area contributed by atoms with Crippen LogP contribution in [0.5, 0.6) is 5.75 Å². The molecule has 3 aromatic heterocycles. The number of fused-ring (bicyclic) bond motifs is 2. The monoisotopic (exact) mass is 487 g/mol. The van der Waals surface area contributed by atoms with Gasteiger partial charge in [-0.25, -0.2) is 4.52 Å². The van der Waals surface area contributed by atoms with Crippen LogP contribution in [0.1, 0.15) is 49.1 Å². The van der Waals surface area contributed by atoms with Crippen LogP contribution in [0.2, 0.25) is 0 Å². The molecule has 4 heterocycles. The smallest absolute Gasteiger partial charge is 0.175 e. The number of hydrogen-bond acceptors (Lipinski definition) is 6. The van der Waals surface area contributed by atoms with Gasteiger partial charge in [-0.15, -0.1) is 0 Å². The van der Waals surface area contributed by atoms with E-state index in [1.54, 1.807) is 0 Å². The molecule has 2 fully saturated rings. The first kappa shape index (κ1) is 23.5. The van der Waals surface area contributed by atoms with Crippen LogP contribution in [0.15, 0.2) is 47.1 Å². The number of benzene rings is 1. The predicted molar refractivity (Wildman–Crippen MR) is 141 cm³/mol. The number of aromatic nitrogens is 3. The van der Waals surface area contributed by atoms with Crippen LogP contribution in [0.4, 0.5) is 0 Å². The Bertz CT molecular complexity index is 1310. The Labute approximate surface area is 213 Å². The zero-order valence-corrected chi connectivity index (χ0v) is 21.5. The number of piperidine rings is 1. The van der Waals surface area contributed by atoms with Crippen molar-refractivity contribution in [3.05, 3.63) is 59.5 Å². The Morgan fingerprint density at radius 2 is 1.89 bits per heavy atom. The highest BCUT2D eigenvalue weighted by molar-refractivity contribution is 5.84. The summed E-state index contributed by atoms with van der Waals surface area (Å²) in [6.45, 7) is 4.83. The number of pyridine rings is 1. The first-order valence-corrected chi connectivity index (χ1v) is 13.5. The fourth-order valence-electron chi connectivity index (χ4n) is 5.50. The summed E-state index contributed by atoms with van der Waals surface area (Å²) in [5, 5.41) is 10.2. The molecule has 7 heteroatoms. The second-order valence-electron chi connectivity index (χ2n) is 11.0. The quantitative estimate of drug-likeness (QED) is 0.308. The molecule has 2 aliphatic rings. The first-order chi connectivity index (χ1) is 17.6. The molecule has 1 saturated carbocycles. The number of nitrogens with zero attached hydrogens (tertiary/aromatic N) is 5. The molecular formula is C29H37N5O2. The van der Waals surface area contributed by atoms with Crippen molar-refractivity contribution in [3.63, 3.8) is 0 Å². The SMILES string of the molecule is CN(C)Cc1c(OCC2CC2)ccc2c(CCC3CCN(Cc4cccc5ccnn45)CC3)noc12. The molecule has 0 radical (unpaired) electrons. The van der Waals surface area contributed by atoms with Crippen LogP contribution in [0.25, 0.3) is 16.5 Å². The highest BCUT2D eigenvalue weighted by atomic mass is 16.5. The van der Waals surface area contributed by atoms with Crippen LogP contribution in [0.3, 0.4) is 0 Å². The maximum Gasteiger partial charge on any atom is 0.175 e. The molecule has 0 N–H and O–H groups in total. The number of hydrogen-bond donors (Lipinski definition) is 0. The van der Waals surface area contributed by atoms with Gasteiger partial charge in [0.25, 0.3) is 0 Å². The van der Waals surface area contributed by atoms with Crippen LogP contribution >= 0.6 is 0 Å². The van der Waals surface area contributed by atoms with E-state index < -0.39 is 0 Å². The lowest BCUT2D eigenvalue weighted by atomic mass is 9.91. The van der Waals surface area contributed by atoms with Gasteiger partial charge >= 0.3 is 0 Å². The average Bonchev–Trinajstić information content (AvgIpc) is 3.41. The minimum absolute atomic E-state index is 0.726. The summed E-state index contributed by atoms with van der Waals surface area (Å²) in [5.74, 6) is 2.41. The molecule has 1 aliphatic carbocycles. The molecule has 0 atom stereocenters. The summed E-state index contributed by atoms with van der Waals surface area (Å²) in [6, 6.07) is 12.8. The van der Waals surface area contributed by atoms with E-state index in [0.717, 1.165) is 91.0 Å². The van der Waals surface area contributed by atoms with E-state index in [-0.39, 0.29) is 0 Å². The lowest BCUT2D eigenvalue weighted by Crippen LogP contribution is -2.34. The van der Waals surface area contributed by atoms with Crippen LogP contribution in [-0.4, -0.2) is 58.4 Å². The van der Waals surface area contributed by atoms with Crippen molar-refractivity contribution in [2.24, 2.45) is 11.8 Å². The minimum Gasteiger partial charge on any atom is -0.493 e. The van der Waals surface area contributed by atoms with Gasteiger partial charge in [0.1, 0.15) is 5.75 Å². The molecule has 1 aliphatic heterocycles. The standard InChI is InChI=1S/C29H37N5O2/c1-32(2)19-26-28(35-20-22-6-7-22)11-9-25-27(31-36-29(25)26)10-8-21-13-16-33(17-14-21)18-24-5-3-4-23-12-15-30-34(23)24/h3-5,9,11-12,15,21-22H,6-8,10,13-14,16-20H2,1-2H3. The zero-order valence-electron chi connectivity index (χ0n) is 21.5. The lowest BCUT2D eigenvalue weighted by Gasteiger charge is -2.31. The topological polar surface area (TPSA) is 59.0 Å². The van der Waals surface area contributed by atoms with E-state index in [1.165, 1.54) is 31.4 Å². The van der Waals surface area contributed by atoms with E-state index in [4.69, 9.17) is 9.26 Å². The molecule has 0 amide bonds. The Hall–Kier alpha value is -2.90. The van der Waals surface area contributed by atoms with Gasteiger partial charge in [-0.05, 0) is 108 Å². The zero-order chi connectivity index (χ0) is 24.5. The molecule has 190 valence electrons. The molecule has 6 rings (SSSR count). The van der Waals surface area contributed by atoms with Crippen molar-refractivity contribution in [2.75, 3.05) is 33.8 Å². The van der Waals surface area contributed by atoms with Crippen molar-refractivity contribution in [1.82, 2.24) is 24.6 Å². The van der Waals surface area contributed by atoms with Crippen molar-refractivity contribution in [3.8, 4) is 5.75 Å². The highest BCUT2D eigenvalue weighted by Gasteiger charge is 2.25. The molecule has 0 bridgehead atoms. The summed E-state index contributed by atoms with van der Waals surface area (Å²) >= 11 is 0. The number of ether oxygens (including phenoxy) is 1. The first-order valence-electron chi connectivity index (χ1n) is 13.5. The normalized spacial score (nSPS) is 17.5. The second kappa shape index (κ2) is 10.2. The summed E-state index contributed by atoms with van der Waals surface area (Å²) in [6.07, 6.45) is 9.05. The Morgan fingerprint density at radius 1 is 1.03 bits per heavy atom. The third-order valence-electron chi connectivity index (χ3n) is 7.80. The van der Waals surface area contributed by atoms with E-state index >= 15 is 0 Å². The van der Waals surface area contributed by atoms with E-state index in [1.807, 2.05) is 6.20 Å². The van der Waals surface area contributed by atoms with Crippen LogP contribution in [-0.2, 0) is 19.5 Å². The molecular weight excluding hydrogens is 450 g/mol. The molecule has 1 aromatic carbocycles. The Kier molecular flexibility index (Phi) is 6.67. The van der Waals surface area contributed by atoms with Gasteiger partial charge in [0.15, 0.2) is 5.58 Å². The van der Waals surface area contributed by atoms with Crippen molar-refractivity contribution < 1.29 is 9.26 Å². The van der Waals surface area contributed by atoms with Gasteiger partial charge in [-0.3, -0.25) is 4.90 Å². The van der Waals surface area contributed by atoms with Crippen LogP contribution in [0, 0.1) is 11.8 Å². The second-order valence-corrected chi connectivity index (χ2v) is 11.0. The van der Waals surface area contributed by atoms with E-state index in [9.17, 15) is 0 Å². The minimum atomic E-state index is 0.726. The van der Waals surface area contributed by atoms with Crippen molar-refractivity contribution >= 4 is 16.5 Å². The average molecular weight is 488 g/mol. The largest absolute Gasteiger partial charge is 0.493 e. The molecule has 7 nitrogen and oxygen atoms in total. The maximum atomic E-state index is 6.18. The maximum absolute atomic E-state index is 6.18. The van der Waals surface area contributed by atoms with Crippen molar-refractivity contribution in [1.29, 1.82) is 0 Å². The fraction of sp³-hybridized carbons (Fsp3) is 0.517. The van der Waals surface area contributed by atoms with Gasteiger partial charge in [0.05, 0.1) is 29.1 Å². The molecule has 4 aromatic rings. The lowest BCUT2D eigenvalue weighted by molar-refractivity contribution is 0.169. The molecule has 0 unspecified atom stereocenters. The van der Waals surface area contributed by atoms with Gasteiger partial charge in [0, 0.05) is 24.7 Å². The molecule has 36 heavy (non-hydrogen) atoms. The molecule has 1 saturated heterocycles. The predicted octanol–water partition coefficient (Wildman–Crippen LogP) is 5.17. The van der Waals surface area contributed by atoms with Crippen LogP contribution < -0.4 is 4.74 Å². The summed E-state index contributed by atoms with van der Waals surface area (Å²) < 4.78 is 14.2. The Morgan fingerprint density at radius 3 is 2.69 bits per heavy atom. The molecule has 0 spiro atoms. The summed E-state index contributed by atoms with van der Waals surface area (Å²) in [7, 11) is 4.17. The van der Waals surface area contributed by atoms with E-state index in [2.05, 4.69) is 75.1 Å². The summed E-state index contributed by atoms with van der Waals surface area (Å²) in [5.41, 5.74) is 5.54. The number of likely N-dealkylation sites (tertiary alicyclic amines) is 1. The summed E-state index contributed by atoms with van der Waals surface area (Å²) in [4.78, 5) is 4.73. The van der Waals surface area contributed by atoms with Gasteiger partial charge in [0.2, 0.25) is 0 Å². The Balaban J connectivity index is 1.07. The van der Waals surface area contributed by atoms with Gasteiger partial charge in [-0.1, -0.05) is 11.2 Å². The fourth-order valence-corrected chi connectivity index (χ4v) is 5.50.